The zero-order valence-electron chi connectivity index (χ0n) is 15.5. The van der Waals surface area contributed by atoms with Gasteiger partial charge in [-0.3, -0.25) is 4.90 Å². The molecule has 0 bridgehead atoms. The third kappa shape index (κ3) is 4.42. The van der Waals surface area contributed by atoms with Gasteiger partial charge in [0.15, 0.2) is 0 Å². The molecule has 1 unspecified atom stereocenters. The summed E-state index contributed by atoms with van der Waals surface area (Å²) < 4.78 is 31.9. The Kier molecular flexibility index (Phi) is 5.54. The van der Waals surface area contributed by atoms with Gasteiger partial charge in [0, 0.05) is 32.8 Å². The molecule has 2 fully saturated rings. The van der Waals surface area contributed by atoms with Crippen molar-refractivity contribution in [3.63, 3.8) is 0 Å². The van der Waals surface area contributed by atoms with Gasteiger partial charge in [0.05, 0.1) is 11.4 Å². The van der Waals surface area contributed by atoms with Crippen LogP contribution in [0.2, 0.25) is 0 Å². The Bertz CT molecular complexity index is 691. The monoisotopic (exact) mass is 366 g/mol. The number of nitrogens with zero attached hydrogens (tertiary/aromatic N) is 1. The first-order valence-corrected chi connectivity index (χ1v) is 10.9. The first-order chi connectivity index (χ1) is 11.8. The maximum atomic E-state index is 11.6. The minimum Gasteiger partial charge on any atom is -0.372 e. The van der Waals surface area contributed by atoms with E-state index in [2.05, 4.69) is 41.7 Å². The molecule has 1 atom stereocenters. The molecule has 0 aliphatic carbocycles. The second-order valence-corrected chi connectivity index (χ2v) is 9.72. The van der Waals surface area contributed by atoms with Crippen LogP contribution in [0, 0.1) is 19.8 Å². The SMILES string of the molecule is CCS(=O)(=O)NCCC1CCOC12CN(Cc1cc(C)cc(C)c1)C2. The minimum atomic E-state index is -3.10. The van der Waals surface area contributed by atoms with Gasteiger partial charge < -0.3 is 4.74 Å². The summed E-state index contributed by atoms with van der Waals surface area (Å²) in [6, 6.07) is 6.71. The van der Waals surface area contributed by atoms with Crippen LogP contribution in [0.5, 0.6) is 0 Å². The first-order valence-electron chi connectivity index (χ1n) is 9.23. The van der Waals surface area contributed by atoms with E-state index < -0.39 is 10.0 Å². The van der Waals surface area contributed by atoms with Crippen LogP contribution in [0.25, 0.3) is 0 Å². The second kappa shape index (κ2) is 7.35. The molecular formula is C19H30N2O3S. The maximum Gasteiger partial charge on any atom is 0.211 e. The number of benzene rings is 1. The summed E-state index contributed by atoms with van der Waals surface area (Å²) in [5.74, 6) is 0.589. The predicted octanol–water partition coefficient (Wildman–Crippen LogP) is 2.22. The van der Waals surface area contributed by atoms with Crippen molar-refractivity contribution in [1.82, 2.24) is 9.62 Å². The van der Waals surface area contributed by atoms with Crippen molar-refractivity contribution < 1.29 is 13.2 Å². The molecular weight excluding hydrogens is 336 g/mol. The Balaban J connectivity index is 1.52. The quantitative estimate of drug-likeness (QED) is 0.804. The normalized spacial score (nSPS) is 23.1. The summed E-state index contributed by atoms with van der Waals surface area (Å²) in [6.07, 6.45) is 1.89. The number of rotatable bonds is 7. The fraction of sp³-hybridized carbons (Fsp3) is 0.684. The number of likely N-dealkylation sites (tertiary alicyclic amines) is 1. The van der Waals surface area contributed by atoms with Crippen LogP contribution in [0.1, 0.15) is 36.5 Å². The molecule has 0 radical (unpaired) electrons. The van der Waals surface area contributed by atoms with Gasteiger partial charge in [-0.1, -0.05) is 29.3 Å². The number of ether oxygens (including phenoxy) is 1. The van der Waals surface area contributed by atoms with Crippen LogP contribution in [0.4, 0.5) is 0 Å². The smallest absolute Gasteiger partial charge is 0.211 e. The molecule has 6 heteroatoms. The predicted molar refractivity (Wildman–Crippen MR) is 100 cm³/mol. The van der Waals surface area contributed by atoms with Crippen molar-refractivity contribution in [1.29, 1.82) is 0 Å². The lowest BCUT2D eigenvalue weighted by molar-refractivity contribution is -0.136. The lowest BCUT2D eigenvalue weighted by Gasteiger charge is -2.50. The average Bonchev–Trinajstić information content (AvgIpc) is 2.89. The molecule has 140 valence electrons. The molecule has 1 aromatic rings. The third-order valence-electron chi connectivity index (χ3n) is 5.46. The summed E-state index contributed by atoms with van der Waals surface area (Å²) in [7, 11) is -3.10. The summed E-state index contributed by atoms with van der Waals surface area (Å²) in [5.41, 5.74) is 3.92. The number of hydrogen-bond donors (Lipinski definition) is 1. The fourth-order valence-corrected chi connectivity index (χ4v) is 4.91. The van der Waals surface area contributed by atoms with Gasteiger partial charge in [-0.05, 0) is 45.1 Å². The van der Waals surface area contributed by atoms with Gasteiger partial charge in [-0.2, -0.15) is 0 Å². The highest BCUT2D eigenvalue weighted by molar-refractivity contribution is 7.89. The van der Waals surface area contributed by atoms with E-state index >= 15 is 0 Å². The van der Waals surface area contributed by atoms with Gasteiger partial charge in [0.25, 0.3) is 0 Å². The van der Waals surface area contributed by atoms with E-state index in [1.54, 1.807) is 6.92 Å². The van der Waals surface area contributed by atoms with Crippen molar-refractivity contribution >= 4 is 10.0 Å². The summed E-state index contributed by atoms with van der Waals surface area (Å²) in [4.78, 5) is 2.43. The lowest BCUT2D eigenvalue weighted by atomic mass is 9.79. The summed E-state index contributed by atoms with van der Waals surface area (Å²) >= 11 is 0. The van der Waals surface area contributed by atoms with Gasteiger partial charge in [0.2, 0.25) is 10.0 Å². The Morgan fingerprint density at radius 1 is 1.24 bits per heavy atom. The molecule has 5 nitrogen and oxygen atoms in total. The molecule has 2 aliphatic heterocycles. The van der Waals surface area contributed by atoms with E-state index in [1.807, 2.05) is 0 Å². The van der Waals surface area contributed by atoms with Gasteiger partial charge in [0.1, 0.15) is 0 Å². The van der Waals surface area contributed by atoms with E-state index in [0.717, 1.165) is 39.1 Å². The van der Waals surface area contributed by atoms with Crippen LogP contribution < -0.4 is 4.72 Å². The highest BCUT2D eigenvalue weighted by atomic mass is 32.2. The highest BCUT2D eigenvalue weighted by Crippen LogP contribution is 2.42. The zero-order chi connectivity index (χ0) is 18.1. The highest BCUT2D eigenvalue weighted by Gasteiger charge is 2.52. The number of aryl methyl sites for hydroxylation is 2. The molecule has 0 aromatic heterocycles. The molecule has 2 saturated heterocycles. The largest absolute Gasteiger partial charge is 0.372 e. The van der Waals surface area contributed by atoms with E-state index in [4.69, 9.17) is 4.74 Å². The standard InChI is InChI=1S/C19H30N2O3S/c1-4-25(22,23)20-7-5-18-6-8-24-19(18)13-21(14-19)12-17-10-15(2)9-16(3)11-17/h9-11,18,20H,4-8,12-14H2,1-3H3. The van der Waals surface area contributed by atoms with Gasteiger partial charge >= 0.3 is 0 Å². The third-order valence-corrected chi connectivity index (χ3v) is 6.87. The molecule has 3 rings (SSSR count). The number of sulfonamides is 1. The zero-order valence-corrected chi connectivity index (χ0v) is 16.4. The van der Waals surface area contributed by atoms with E-state index in [9.17, 15) is 8.42 Å². The molecule has 2 aliphatic rings. The Hall–Kier alpha value is -0.950. The average molecular weight is 367 g/mol. The van der Waals surface area contributed by atoms with Crippen molar-refractivity contribution in [2.24, 2.45) is 5.92 Å². The van der Waals surface area contributed by atoms with Crippen LogP contribution in [-0.2, 0) is 21.3 Å². The van der Waals surface area contributed by atoms with E-state index in [1.165, 1.54) is 16.7 Å². The Morgan fingerprint density at radius 3 is 2.56 bits per heavy atom. The fourth-order valence-electron chi connectivity index (χ4n) is 4.27. The van der Waals surface area contributed by atoms with Crippen LogP contribution in [0.3, 0.4) is 0 Å². The molecule has 1 aromatic carbocycles. The van der Waals surface area contributed by atoms with Crippen molar-refractivity contribution in [3.05, 3.63) is 34.9 Å². The molecule has 2 heterocycles. The molecule has 1 N–H and O–H groups in total. The molecule has 25 heavy (non-hydrogen) atoms. The van der Waals surface area contributed by atoms with Crippen molar-refractivity contribution in [2.45, 2.75) is 45.8 Å². The maximum absolute atomic E-state index is 11.6. The number of hydrogen-bond acceptors (Lipinski definition) is 4. The number of nitrogens with one attached hydrogen (secondary N) is 1. The molecule has 0 saturated carbocycles. The van der Waals surface area contributed by atoms with Crippen LogP contribution >= 0.6 is 0 Å². The molecule has 1 spiro atoms. The topological polar surface area (TPSA) is 58.6 Å². The van der Waals surface area contributed by atoms with Crippen LogP contribution in [-0.4, -0.2) is 50.9 Å². The minimum absolute atomic E-state index is 0.0590. The first kappa shape index (κ1) is 18.8. The molecule has 0 amide bonds. The lowest BCUT2D eigenvalue weighted by Crippen LogP contribution is -2.64. The van der Waals surface area contributed by atoms with Gasteiger partial charge in [-0.15, -0.1) is 0 Å². The van der Waals surface area contributed by atoms with Crippen LogP contribution in [0.15, 0.2) is 18.2 Å². The second-order valence-electron chi connectivity index (χ2n) is 7.63. The Labute approximate surface area is 151 Å². The summed E-state index contributed by atoms with van der Waals surface area (Å²) in [6.45, 7) is 10.1. The van der Waals surface area contributed by atoms with Crippen molar-refractivity contribution in [3.8, 4) is 0 Å². The van der Waals surface area contributed by atoms with E-state index in [-0.39, 0.29) is 11.4 Å². The van der Waals surface area contributed by atoms with Gasteiger partial charge in [-0.25, -0.2) is 13.1 Å². The van der Waals surface area contributed by atoms with Crippen molar-refractivity contribution in [2.75, 3.05) is 32.0 Å². The van der Waals surface area contributed by atoms with E-state index in [0.29, 0.717) is 12.5 Å². The summed E-state index contributed by atoms with van der Waals surface area (Å²) in [5, 5.41) is 0. The Morgan fingerprint density at radius 2 is 1.92 bits per heavy atom.